The number of anilines is 2. The van der Waals surface area contributed by atoms with E-state index in [1.165, 1.54) is 6.33 Å². The molecule has 4 heterocycles. The van der Waals surface area contributed by atoms with Crippen molar-refractivity contribution in [2.24, 2.45) is 0 Å². The number of hydrogen-bond donors (Lipinski definition) is 2. The predicted molar refractivity (Wildman–Crippen MR) is 92.8 cm³/mol. The van der Waals surface area contributed by atoms with E-state index in [1.807, 2.05) is 6.07 Å². The molecule has 2 N–H and O–H groups in total. The zero-order chi connectivity index (χ0) is 17.1. The van der Waals surface area contributed by atoms with Gasteiger partial charge in [-0.3, -0.25) is 9.89 Å². The van der Waals surface area contributed by atoms with E-state index in [4.69, 9.17) is 4.74 Å². The van der Waals surface area contributed by atoms with Crippen molar-refractivity contribution in [1.82, 2.24) is 20.2 Å². The number of carbonyl (C=O) groups is 1. The maximum absolute atomic E-state index is 12.5. The van der Waals surface area contributed by atoms with Crippen LogP contribution in [0.3, 0.4) is 0 Å². The van der Waals surface area contributed by atoms with Gasteiger partial charge in [0.25, 0.3) is 5.91 Å². The lowest BCUT2D eigenvalue weighted by Gasteiger charge is -2.20. The molecule has 8 nitrogen and oxygen atoms in total. The Labute approximate surface area is 146 Å². The van der Waals surface area contributed by atoms with Crippen LogP contribution in [-0.2, 0) is 4.74 Å². The third-order valence-corrected chi connectivity index (χ3v) is 4.75. The standard InChI is InChI=1S/C17H22N6O2/c24-17(14-9-16(19-11-18-14)23-5-1-2-6-23)20-15-8-13(21-22-15)12-4-3-7-25-10-12/h8-9,11-12H,1-7,10H2,(H2,20,21,22,24). The average Bonchev–Trinajstić information content (AvgIpc) is 3.35. The van der Waals surface area contributed by atoms with Crippen molar-refractivity contribution in [3.8, 4) is 0 Å². The molecule has 2 aromatic heterocycles. The summed E-state index contributed by atoms with van der Waals surface area (Å²) in [5, 5.41) is 10.00. The fourth-order valence-corrected chi connectivity index (χ4v) is 3.37. The number of nitrogens with one attached hydrogen (secondary N) is 2. The molecule has 0 aliphatic carbocycles. The van der Waals surface area contributed by atoms with Crippen LogP contribution in [0.2, 0.25) is 0 Å². The van der Waals surface area contributed by atoms with Crippen LogP contribution in [-0.4, -0.2) is 52.4 Å². The molecule has 25 heavy (non-hydrogen) atoms. The zero-order valence-corrected chi connectivity index (χ0v) is 14.1. The van der Waals surface area contributed by atoms with E-state index in [2.05, 4.69) is 30.4 Å². The van der Waals surface area contributed by atoms with Gasteiger partial charge in [0, 0.05) is 43.4 Å². The number of hydrogen-bond acceptors (Lipinski definition) is 6. The number of aromatic amines is 1. The second kappa shape index (κ2) is 7.18. The molecule has 2 fully saturated rings. The Morgan fingerprint density at radius 3 is 2.92 bits per heavy atom. The lowest BCUT2D eigenvalue weighted by atomic mass is 9.99. The van der Waals surface area contributed by atoms with Gasteiger partial charge in [-0.25, -0.2) is 9.97 Å². The third-order valence-electron chi connectivity index (χ3n) is 4.75. The van der Waals surface area contributed by atoms with E-state index < -0.39 is 0 Å². The van der Waals surface area contributed by atoms with Gasteiger partial charge in [-0.15, -0.1) is 0 Å². The Morgan fingerprint density at radius 2 is 2.12 bits per heavy atom. The highest BCUT2D eigenvalue weighted by atomic mass is 16.5. The van der Waals surface area contributed by atoms with Crippen molar-refractivity contribution in [1.29, 1.82) is 0 Å². The smallest absolute Gasteiger partial charge is 0.275 e. The first kappa shape index (κ1) is 16.0. The molecule has 0 bridgehead atoms. The molecule has 0 saturated carbocycles. The SMILES string of the molecule is O=C(Nc1cc(C2CCCOC2)[nH]n1)c1cc(N2CCCC2)ncn1. The molecule has 132 valence electrons. The van der Waals surface area contributed by atoms with Crippen LogP contribution in [0.5, 0.6) is 0 Å². The first-order valence-corrected chi connectivity index (χ1v) is 8.81. The molecule has 0 radical (unpaired) electrons. The molecule has 0 aromatic carbocycles. The third kappa shape index (κ3) is 3.63. The minimum absolute atomic E-state index is 0.277. The van der Waals surface area contributed by atoms with Crippen molar-refractivity contribution in [3.63, 3.8) is 0 Å². The molecule has 1 unspecified atom stereocenters. The van der Waals surface area contributed by atoms with E-state index in [1.54, 1.807) is 6.07 Å². The number of nitrogens with zero attached hydrogens (tertiary/aromatic N) is 4. The van der Waals surface area contributed by atoms with Crippen LogP contribution in [0.15, 0.2) is 18.5 Å². The van der Waals surface area contributed by atoms with Crippen molar-refractivity contribution >= 4 is 17.5 Å². The Balaban J connectivity index is 1.43. The van der Waals surface area contributed by atoms with Gasteiger partial charge in [0.05, 0.1) is 6.61 Å². The van der Waals surface area contributed by atoms with Crippen LogP contribution in [0.4, 0.5) is 11.6 Å². The van der Waals surface area contributed by atoms with E-state index >= 15 is 0 Å². The maximum atomic E-state index is 12.5. The molecule has 0 spiro atoms. The topological polar surface area (TPSA) is 96.0 Å². The van der Waals surface area contributed by atoms with E-state index in [0.29, 0.717) is 24.0 Å². The highest BCUT2D eigenvalue weighted by molar-refractivity contribution is 6.02. The molecule has 2 aliphatic heterocycles. The quantitative estimate of drug-likeness (QED) is 0.881. The number of aromatic nitrogens is 4. The number of H-pyrrole nitrogens is 1. The summed E-state index contributed by atoms with van der Waals surface area (Å²) in [6.07, 6.45) is 5.88. The van der Waals surface area contributed by atoms with Gasteiger partial charge >= 0.3 is 0 Å². The zero-order valence-electron chi connectivity index (χ0n) is 14.1. The summed E-state index contributed by atoms with van der Waals surface area (Å²) in [4.78, 5) is 23.0. The summed E-state index contributed by atoms with van der Waals surface area (Å²) in [5.74, 6) is 1.35. The second-order valence-electron chi connectivity index (χ2n) is 6.53. The van der Waals surface area contributed by atoms with Crippen LogP contribution in [0.25, 0.3) is 0 Å². The summed E-state index contributed by atoms with van der Waals surface area (Å²) >= 11 is 0. The highest BCUT2D eigenvalue weighted by Crippen LogP contribution is 2.25. The lowest BCUT2D eigenvalue weighted by Crippen LogP contribution is -2.21. The van der Waals surface area contributed by atoms with Crippen LogP contribution in [0.1, 0.15) is 47.8 Å². The Hall–Kier alpha value is -2.48. The summed E-state index contributed by atoms with van der Waals surface area (Å²) in [5.41, 5.74) is 1.35. The Kier molecular flexibility index (Phi) is 4.60. The first-order valence-electron chi connectivity index (χ1n) is 8.81. The highest BCUT2D eigenvalue weighted by Gasteiger charge is 2.20. The first-order chi connectivity index (χ1) is 12.3. The largest absolute Gasteiger partial charge is 0.381 e. The number of amides is 1. The molecule has 4 rings (SSSR count). The summed E-state index contributed by atoms with van der Waals surface area (Å²) in [7, 11) is 0. The summed E-state index contributed by atoms with van der Waals surface area (Å²) in [6, 6.07) is 3.61. The van der Waals surface area contributed by atoms with Gasteiger partial charge in [-0.1, -0.05) is 0 Å². The van der Waals surface area contributed by atoms with Gasteiger partial charge < -0.3 is 15.0 Å². The van der Waals surface area contributed by atoms with Gasteiger partial charge in [-0.05, 0) is 25.7 Å². The molecule has 1 amide bonds. The van der Waals surface area contributed by atoms with Gasteiger partial charge in [-0.2, -0.15) is 5.10 Å². The molecular weight excluding hydrogens is 320 g/mol. The fourth-order valence-electron chi connectivity index (χ4n) is 3.37. The van der Waals surface area contributed by atoms with Crippen molar-refractivity contribution in [3.05, 3.63) is 29.8 Å². The number of carbonyl (C=O) groups excluding carboxylic acids is 1. The van der Waals surface area contributed by atoms with Gasteiger partial charge in [0.15, 0.2) is 5.82 Å². The van der Waals surface area contributed by atoms with Crippen LogP contribution >= 0.6 is 0 Å². The normalized spacial score (nSPS) is 20.6. The Morgan fingerprint density at radius 1 is 1.24 bits per heavy atom. The minimum Gasteiger partial charge on any atom is -0.381 e. The van der Waals surface area contributed by atoms with Crippen molar-refractivity contribution < 1.29 is 9.53 Å². The number of rotatable bonds is 4. The lowest BCUT2D eigenvalue weighted by molar-refractivity contribution is 0.0793. The fraction of sp³-hybridized carbons (Fsp3) is 0.529. The molecule has 2 aliphatic rings. The number of ether oxygens (including phenoxy) is 1. The van der Waals surface area contributed by atoms with E-state index in [9.17, 15) is 4.79 Å². The molecule has 2 saturated heterocycles. The average molecular weight is 342 g/mol. The van der Waals surface area contributed by atoms with Gasteiger partial charge in [0.2, 0.25) is 0 Å². The van der Waals surface area contributed by atoms with Crippen LogP contribution < -0.4 is 10.2 Å². The van der Waals surface area contributed by atoms with E-state index in [-0.39, 0.29) is 5.91 Å². The maximum Gasteiger partial charge on any atom is 0.275 e. The molecule has 1 atom stereocenters. The van der Waals surface area contributed by atoms with Crippen molar-refractivity contribution in [2.45, 2.75) is 31.6 Å². The predicted octanol–water partition coefficient (Wildman–Crippen LogP) is 1.95. The summed E-state index contributed by atoms with van der Waals surface area (Å²) < 4.78 is 5.50. The molecular formula is C17H22N6O2. The van der Waals surface area contributed by atoms with E-state index in [0.717, 1.165) is 56.9 Å². The van der Waals surface area contributed by atoms with Gasteiger partial charge in [0.1, 0.15) is 17.8 Å². The van der Waals surface area contributed by atoms with Crippen LogP contribution in [0, 0.1) is 0 Å². The minimum atomic E-state index is -0.277. The monoisotopic (exact) mass is 342 g/mol. The second-order valence-corrected chi connectivity index (χ2v) is 6.53. The van der Waals surface area contributed by atoms with Crippen molar-refractivity contribution in [2.75, 3.05) is 36.5 Å². The molecule has 8 heteroatoms. The summed E-state index contributed by atoms with van der Waals surface area (Å²) in [6.45, 7) is 3.47. The molecule has 2 aromatic rings. The Bertz CT molecular complexity index is 734.